The van der Waals surface area contributed by atoms with Crippen molar-refractivity contribution in [2.45, 2.75) is 258 Å². The Balaban J connectivity index is -0.000000389. The summed E-state index contributed by atoms with van der Waals surface area (Å²) in [6.45, 7) is 4.56. The van der Waals surface area contributed by atoms with E-state index in [9.17, 15) is 19.8 Å². The van der Waals surface area contributed by atoms with Crippen LogP contribution < -0.4 is 69.3 Å². The zero-order valence-electron chi connectivity index (χ0n) is 33.5. The minimum absolute atomic E-state index is 0. The Morgan fingerprint density at radius 2 is 0.396 bits per heavy atom. The van der Waals surface area contributed by atoms with Crippen molar-refractivity contribution >= 4 is 11.9 Å². The van der Waals surface area contributed by atoms with Crippen LogP contribution in [0.2, 0.25) is 0 Å². The molecule has 0 bridgehead atoms. The van der Waals surface area contributed by atoms with Crippen LogP contribution in [0.25, 0.3) is 0 Å². The molecule has 0 unspecified atom stereocenters. The summed E-state index contributed by atoms with van der Waals surface area (Å²) in [7, 11) is 0. The zero-order valence-corrected chi connectivity index (χ0v) is 37.5. The maximum absolute atomic E-state index is 10.3. The number of hydrogen-bond donors (Lipinski definition) is 0. The Bertz CT molecular complexity index is 588. The number of unbranched alkanes of at least 4 members (excludes halogenated alkanes) is 34. The first-order chi connectivity index (χ1) is 22.5. The molecule has 0 saturated heterocycles. The number of rotatable bonds is 38. The summed E-state index contributed by atoms with van der Waals surface area (Å²) in [6, 6.07) is 0. The van der Waals surface area contributed by atoms with E-state index in [-0.39, 0.29) is 72.0 Å². The third-order valence-electron chi connectivity index (χ3n) is 9.47. The molecule has 0 radical (unpaired) electrons. The molecule has 0 aromatic heterocycles. The van der Waals surface area contributed by atoms with Gasteiger partial charge < -0.3 is 19.8 Å². The maximum atomic E-state index is 10.3. The third-order valence-corrected chi connectivity index (χ3v) is 9.47. The standard InChI is InChI=1S/C22H44O2.C20H40O2.2Na/c1-2-3-4-5-6-7-8-9-10-11-12-13-14-15-16-17-18-19-20-21-22(23)24;1-2-3-4-5-6-7-8-9-10-11-12-13-14-15-16-17-18-19-20(21)22;;/h2-21H2,1H3,(H,23,24);2-19H2,1H3,(H,21,22);;/q;;2*+1/p-2. The van der Waals surface area contributed by atoms with E-state index in [1.165, 1.54) is 205 Å². The summed E-state index contributed by atoms with van der Waals surface area (Å²) in [5, 5.41) is 20.5. The summed E-state index contributed by atoms with van der Waals surface area (Å²) in [5.74, 6) is -1.80. The molecule has 0 N–H and O–H groups in total. The molecule has 0 heterocycles. The van der Waals surface area contributed by atoms with Crippen molar-refractivity contribution in [3.05, 3.63) is 0 Å². The average Bonchev–Trinajstić information content (AvgIpc) is 3.03. The molecule has 0 aliphatic carbocycles. The molecule has 0 saturated carbocycles. The van der Waals surface area contributed by atoms with Crippen LogP contribution in [0.3, 0.4) is 0 Å². The van der Waals surface area contributed by atoms with Crippen LogP contribution in [0.5, 0.6) is 0 Å². The molecule has 0 atom stereocenters. The number of carboxylic acid groups (broad SMARTS) is 2. The monoisotopic (exact) mass is 697 g/mol. The van der Waals surface area contributed by atoms with E-state index in [1.54, 1.807) is 0 Å². The number of carboxylic acids is 2. The van der Waals surface area contributed by atoms with Gasteiger partial charge in [-0.2, -0.15) is 0 Å². The SMILES string of the molecule is CCCCCCCCCCCCCCCCCCCC(=O)[O-].CCCCCCCCCCCCCCCCCCCCCC(=O)[O-].[Na+].[Na+]. The van der Waals surface area contributed by atoms with E-state index in [0.717, 1.165) is 25.7 Å². The second-order valence-corrected chi connectivity index (χ2v) is 14.3. The molecule has 4 nitrogen and oxygen atoms in total. The van der Waals surface area contributed by atoms with Crippen molar-refractivity contribution in [1.82, 2.24) is 0 Å². The first-order valence-electron chi connectivity index (χ1n) is 20.9. The van der Waals surface area contributed by atoms with Gasteiger partial charge in [0.15, 0.2) is 0 Å². The van der Waals surface area contributed by atoms with Crippen molar-refractivity contribution in [3.63, 3.8) is 0 Å². The van der Waals surface area contributed by atoms with Crippen LogP contribution in [0.15, 0.2) is 0 Å². The van der Waals surface area contributed by atoms with Gasteiger partial charge in [0.25, 0.3) is 0 Å². The minimum Gasteiger partial charge on any atom is -0.550 e. The summed E-state index contributed by atoms with van der Waals surface area (Å²) >= 11 is 0. The normalized spacial score (nSPS) is 10.5. The molecule has 0 aliphatic heterocycles. The molecule has 276 valence electrons. The molecule has 48 heavy (non-hydrogen) atoms. The summed E-state index contributed by atoms with van der Waals surface area (Å²) in [6.07, 6.45) is 48.5. The van der Waals surface area contributed by atoms with E-state index >= 15 is 0 Å². The molecule has 0 aliphatic rings. The van der Waals surface area contributed by atoms with E-state index in [4.69, 9.17) is 0 Å². The van der Waals surface area contributed by atoms with Gasteiger partial charge in [-0.15, -0.1) is 0 Å². The molecule has 0 amide bonds. The largest absolute Gasteiger partial charge is 1.00 e. The van der Waals surface area contributed by atoms with Gasteiger partial charge in [0, 0.05) is 11.9 Å². The fraction of sp³-hybridized carbons (Fsp3) is 0.952. The molecule has 0 rings (SSSR count). The van der Waals surface area contributed by atoms with Crippen LogP contribution in [0.4, 0.5) is 0 Å². The van der Waals surface area contributed by atoms with Gasteiger partial charge in [-0.05, 0) is 25.7 Å². The van der Waals surface area contributed by atoms with Crippen LogP contribution in [0, 0.1) is 0 Å². The summed E-state index contributed by atoms with van der Waals surface area (Å²) < 4.78 is 0. The molecular formula is C42H82Na2O4. The van der Waals surface area contributed by atoms with E-state index in [0.29, 0.717) is 0 Å². The molecule has 0 spiro atoms. The summed E-state index contributed by atoms with van der Waals surface area (Å²) in [5.41, 5.74) is 0. The van der Waals surface area contributed by atoms with Gasteiger partial charge in [-0.3, -0.25) is 0 Å². The molecule has 0 fully saturated rings. The zero-order chi connectivity index (χ0) is 34.0. The number of carbonyl (C=O) groups is 2. The Morgan fingerprint density at radius 3 is 0.521 bits per heavy atom. The van der Waals surface area contributed by atoms with E-state index in [2.05, 4.69) is 13.8 Å². The minimum atomic E-state index is -0.902. The fourth-order valence-electron chi connectivity index (χ4n) is 6.34. The number of aliphatic carboxylic acids is 2. The second kappa shape index (κ2) is 52.3. The van der Waals surface area contributed by atoms with Crippen LogP contribution in [-0.2, 0) is 9.59 Å². The number of carbonyl (C=O) groups excluding carboxylic acids is 2. The van der Waals surface area contributed by atoms with Crippen molar-refractivity contribution in [3.8, 4) is 0 Å². The molecule has 0 aromatic carbocycles. The molecular weight excluding hydrogens is 614 g/mol. The number of hydrogen-bond acceptors (Lipinski definition) is 4. The van der Waals surface area contributed by atoms with E-state index < -0.39 is 11.9 Å². The predicted molar refractivity (Wildman–Crippen MR) is 197 cm³/mol. The van der Waals surface area contributed by atoms with Gasteiger partial charge in [-0.25, -0.2) is 0 Å². The van der Waals surface area contributed by atoms with Gasteiger partial charge in [0.1, 0.15) is 0 Å². The average molecular weight is 697 g/mol. The predicted octanol–water partition coefficient (Wildman–Crippen LogP) is 6.34. The molecule has 0 aromatic rings. The second-order valence-electron chi connectivity index (χ2n) is 14.3. The van der Waals surface area contributed by atoms with Crippen molar-refractivity contribution < 1.29 is 78.9 Å². The van der Waals surface area contributed by atoms with Gasteiger partial charge >= 0.3 is 59.1 Å². The van der Waals surface area contributed by atoms with E-state index in [1.807, 2.05) is 0 Å². The van der Waals surface area contributed by atoms with Crippen molar-refractivity contribution in [1.29, 1.82) is 0 Å². The fourth-order valence-corrected chi connectivity index (χ4v) is 6.34. The Morgan fingerprint density at radius 1 is 0.271 bits per heavy atom. The topological polar surface area (TPSA) is 80.3 Å². The maximum Gasteiger partial charge on any atom is 1.00 e. The van der Waals surface area contributed by atoms with Gasteiger partial charge in [0.05, 0.1) is 0 Å². The van der Waals surface area contributed by atoms with Crippen LogP contribution in [0.1, 0.15) is 258 Å². The van der Waals surface area contributed by atoms with Gasteiger partial charge in [0.2, 0.25) is 0 Å². The Labute approximate surface area is 345 Å². The van der Waals surface area contributed by atoms with Crippen molar-refractivity contribution in [2.24, 2.45) is 0 Å². The smallest absolute Gasteiger partial charge is 0.550 e. The third kappa shape index (κ3) is 59.1. The first kappa shape index (κ1) is 55.7. The first-order valence-corrected chi connectivity index (χ1v) is 20.9. The molecule has 6 heteroatoms. The summed E-state index contributed by atoms with van der Waals surface area (Å²) in [4.78, 5) is 20.5. The Hall–Kier alpha value is 0.940. The Kier molecular flexibility index (Phi) is 60.7. The van der Waals surface area contributed by atoms with Crippen LogP contribution in [-0.4, -0.2) is 11.9 Å². The van der Waals surface area contributed by atoms with Crippen LogP contribution >= 0.6 is 0 Å². The quantitative estimate of drug-likeness (QED) is 0.0558. The van der Waals surface area contributed by atoms with Gasteiger partial charge in [-0.1, -0.05) is 232 Å². The van der Waals surface area contributed by atoms with Crippen molar-refractivity contribution in [2.75, 3.05) is 0 Å².